The lowest BCUT2D eigenvalue weighted by molar-refractivity contribution is 0.308. The van der Waals surface area contributed by atoms with E-state index in [1.807, 2.05) is 6.07 Å². The first-order valence-corrected chi connectivity index (χ1v) is 11.6. The van der Waals surface area contributed by atoms with E-state index in [0.717, 1.165) is 29.7 Å². The molecular formula is C24H26Cl2FN5. The van der Waals surface area contributed by atoms with Crippen molar-refractivity contribution < 1.29 is 4.39 Å². The number of hydrogen-bond donors (Lipinski definition) is 2. The Morgan fingerprint density at radius 3 is 2.72 bits per heavy atom. The predicted molar refractivity (Wildman–Crippen MR) is 130 cm³/mol. The lowest BCUT2D eigenvalue weighted by Gasteiger charge is -2.39. The van der Waals surface area contributed by atoms with Crippen LogP contribution in [0.15, 0.2) is 36.7 Å². The molecule has 0 spiro atoms. The number of halogens is 3. The van der Waals surface area contributed by atoms with Crippen molar-refractivity contribution in [1.29, 1.82) is 0 Å². The summed E-state index contributed by atoms with van der Waals surface area (Å²) in [6.45, 7) is 8.98. The Morgan fingerprint density at radius 2 is 1.94 bits per heavy atom. The van der Waals surface area contributed by atoms with E-state index in [-0.39, 0.29) is 21.1 Å². The molecular weight excluding hydrogens is 448 g/mol. The average molecular weight is 474 g/mol. The number of aromatic nitrogens is 2. The molecule has 2 N–H and O–H groups in total. The van der Waals surface area contributed by atoms with Crippen molar-refractivity contribution in [3.05, 3.63) is 52.5 Å². The first kappa shape index (κ1) is 21.7. The lowest BCUT2D eigenvalue weighted by atomic mass is 9.83. The van der Waals surface area contributed by atoms with Crippen LogP contribution in [0.25, 0.3) is 10.9 Å². The second-order valence-corrected chi connectivity index (χ2v) is 10.6. The van der Waals surface area contributed by atoms with Gasteiger partial charge in [0.1, 0.15) is 12.1 Å². The fourth-order valence-electron chi connectivity index (χ4n) is 5.11. The van der Waals surface area contributed by atoms with Gasteiger partial charge in [0.05, 0.1) is 21.2 Å². The monoisotopic (exact) mass is 473 g/mol. The Bertz CT molecular complexity index is 1180. The third kappa shape index (κ3) is 3.68. The second-order valence-electron chi connectivity index (χ2n) is 9.78. The van der Waals surface area contributed by atoms with E-state index in [1.54, 1.807) is 12.1 Å². The maximum Gasteiger partial charge on any atom is 0.166 e. The maximum atomic E-state index is 14.7. The average Bonchev–Trinajstić information content (AvgIpc) is 3.35. The summed E-state index contributed by atoms with van der Waals surface area (Å²) in [5, 5.41) is 7.53. The molecule has 2 fully saturated rings. The van der Waals surface area contributed by atoms with Crippen molar-refractivity contribution in [2.75, 3.05) is 23.3 Å². The van der Waals surface area contributed by atoms with Crippen LogP contribution in [0.5, 0.6) is 0 Å². The third-order valence-corrected chi connectivity index (χ3v) is 7.51. The van der Waals surface area contributed by atoms with Crippen molar-refractivity contribution in [3.8, 4) is 0 Å². The van der Waals surface area contributed by atoms with Gasteiger partial charge in [-0.1, -0.05) is 44.0 Å². The van der Waals surface area contributed by atoms with Gasteiger partial charge >= 0.3 is 0 Å². The molecule has 8 heteroatoms. The summed E-state index contributed by atoms with van der Waals surface area (Å²) >= 11 is 11.9. The van der Waals surface area contributed by atoms with E-state index in [9.17, 15) is 4.39 Å². The van der Waals surface area contributed by atoms with Gasteiger partial charge in [0, 0.05) is 36.2 Å². The van der Waals surface area contributed by atoms with Gasteiger partial charge < -0.3 is 15.5 Å². The van der Waals surface area contributed by atoms with E-state index in [0.29, 0.717) is 23.8 Å². The van der Waals surface area contributed by atoms with Crippen molar-refractivity contribution in [1.82, 2.24) is 15.3 Å². The Kier molecular flexibility index (Phi) is 5.43. The molecule has 32 heavy (non-hydrogen) atoms. The molecule has 0 bridgehead atoms. The van der Waals surface area contributed by atoms with Crippen LogP contribution in [0.4, 0.5) is 21.6 Å². The molecule has 2 aromatic carbocycles. The van der Waals surface area contributed by atoms with E-state index in [4.69, 9.17) is 23.2 Å². The molecule has 5 rings (SSSR count). The lowest BCUT2D eigenvalue weighted by Crippen LogP contribution is -2.45. The summed E-state index contributed by atoms with van der Waals surface area (Å²) in [6, 6.07) is 10.3. The van der Waals surface area contributed by atoms with Gasteiger partial charge in [-0.05, 0) is 48.1 Å². The molecule has 2 aliphatic heterocycles. The molecule has 3 unspecified atom stereocenters. The van der Waals surface area contributed by atoms with Crippen molar-refractivity contribution >= 4 is 51.3 Å². The largest absolute Gasteiger partial charge is 0.363 e. The van der Waals surface area contributed by atoms with E-state index < -0.39 is 5.82 Å². The minimum Gasteiger partial charge on any atom is -0.363 e. The molecule has 3 heterocycles. The smallest absolute Gasteiger partial charge is 0.166 e. The summed E-state index contributed by atoms with van der Waals surface area (Å²) < 4.78 is 14.7. The van der Waals surface area contributed by atoms with Crippen molar-refractivity contribution in [2.45, 2.75) is 39.3 Å². The number of nitrogens with zero attached hydrogens (tertiary/aromatic N) is 3. The van der Waals surface area contributed by atoms with E-state index >= 15 is 0 Å². The molecule has 1 aromatic heterocycles. The summed E-state index contributed by atoms with van der Waals surface area (Å²) in [7, 11) is 0. The fourth-order valence-corrected chi connectivity index (χ4v) is 5.42. The normalized spacial score (nSPS) is 23.1. The highest BCUT2D eigenvalue weighted by molar-refractivity contribution is 6.42. The van der Waals surface area contributed by atoms with Crippen LogP contribution in [0.2, 0.25) is 10.0 Å². The molecule has 168 valence electrons. The molecule has 0 radical (unpaired) electrons. The summed E-state index contributed by atoms with van der Waals surface area (Å²) in [4.78, 5) is 11.4. The summed E-state index contributed by atoms with van der Waals surface area (Å²) in [5.74, 6) is 0.570. The van der Waals surface area contributed by atoms with Crippen LogP contribution in [-0.2, 0) is 0 Å². The number of benzene rings is 2. The van der Waals surface area contributed by atoms with E-state index in [1.165, 1.54) is 12.7 Å². The van der Waals surface area contributed by atoms with Gasteiger partial charge in [-0.25, -0.2) is 14.4 Å². The molecule has 0 saturated carbocycles. The van der Waals surface area contributed by atoms with Gasteiger partial charge in [-0.3, -0.25) is 0 Å². The third-order valence-electron chi connectivity index (χ3n) is 6.73. The zero-order chi connectivity index (χ0) is 22.6. The number of anilines is 3. The Morgan fingerprint density at radius 1 is 1.12 bits per heavy atom. The molecule has 2 aliphatic rings. The van der Waals surface area contributed by atoms with Gasteiger partial charge in [-0.15, -0.1) is 0 Å². The Balaban J connectivity index is 1.57. The van der Waals surface area contributed by atoms with Gasteiger partial charge in [-0.2, -0.15) is 0 Å². The molecule has 0 amide bonds. The Labute approximate surface area is 197 Å². The van der Waals surface area contributed by atoms with Crippen LogP contribution >= 0.6 is 23.2 Å². The number of rotatable bonds is 3. The van der Waals surface area contributed by atoms with E-state index in [2.05, 4.69) is 58.4 Å². The van der Waals surface area contributed by atoms with Crippen LogP contribution in [0, 0.1) is 17.2 Å². The zero-order valence-corrected chi connectivity index (χ0v) is 19.8. The minimum atomic E-state index is -0.603. The quantitative estimate of drug-likeness (QED) is 0.454. The number of nitrogens with one attached hydrogen (secondary N) is 2. The van der Waals surface area contributed by atoms with Crippen LogP contribution in [0.3, 0.4) is 0 Å². The van der Waals surface area contributed by atoms with Crippen molar-refractivity contribution in [2.24, 2.45) is 11.3 Å². The minimum absolute atomic E-state index is 0.111. The zero-order valence-electron chi connectivity index (χ0n) is 18.3. The molecule has 3 aromatic rings. The molecule has 3 atom stereocenters. The topological polar surface area (TPSA) is 53.1 Å². The number of hydrogen-bond acceptors (Lipinski definition) is 5. The van der Waals surface area contributed by atoms with Gasteiger partial charge in [0.25, 0.3) is 0 Å². The SMILES string of the molecule is CC(C)(C)C1CC2CNCC2N1c1ccc2ncnc(Nc3ccc(Cl)c(Cl)c3F)c2c1. The predicted octanol–water partition coefficient (Wildman–Crippen LogP) is 6.03. The number of fused-ring (bicyclic) bond motifs is 2. The Hall–Kier alpha value is -2.15. The highest BCUT2D eigenvalue weighted by Crippen LogP contribution is 2.44. The first-order chi connectivity index (χ1) is 15.2. The molecule has 5 nitrogen and oxygen atoms in total. The van der Waals surface area contributed by atoms with Gasteiger partial charge in [0.15, 0.2) is 5.82 Å². The standard InChI is InChI=1S/C24H26Cl2FN5/c1-24(2,3)20-8-13-10-28-11-19(13)32(20)14-4-6-17-15(9-14)23(30-12-29-17)31-18-7-5-16(25)21(26)22(18)27/h4-7,9,12-13,19-20,28H,8,10-11H2,1-3H3,(H,29,30,31). The summed E-state index contributed by atoms with van der Waals surface area (Å²) in [5.41, 5.74) is 2.30. The first-order valence-electron chi connectivity index (χ1n) is 10.9. The molecule has 0 aliphatic carbocycles. The van der Waals surface area contributed by atoms with Crippen LogP contribution in [0.1, 0.15) is 27.2 Å². The maximum absolute atomic E-state index is 14.7. The van der Waals surface area contributed by atoms with Gasteiger partial charge in [0.2, 0.25) is 0 Å². The fraction of sp³-hybridized carbons (Fsp3) is 0.417. The summed E-state index contributed by atoms with van der Waals surface area (Å²) in [6.07, 6.45) is 2.65. The highest BCUT2D eigenvalue weighted by atomic mass is 35.5. The molecule has 2 saturated heterocycles. The second kappa shape index (κ2) is 8.01. The highest BCUT2D eigenvalue weighted by Gasteiger charge is 2.47. The van der Waals surface area contributed by atoms with Crippen LogP contribution < -0.4 is 15.5 Å². The van der Waals surface area contributed by atoms with Crippen LogP contribution in [-0.4, -0.2) is 35.1 Å². The van der Waals surface area contributed by atoms with Crippen molar-refractivity contribution in [3.63, 3.8) is 0 Å².